The van der Waals surface area contributed by atoms with Gasteiger partial charge in [0, 0.05) is 6.04 Å². The summed E-state index contributed by atoms with van der Waals surface area (Å²) < 4.78 is 5.40. The quantitative estimate of drug-likeness (QED) is 0.872. The molecule has 4 heteroatoms. The first-order chi connectivity index (χ1) is 9.26. The Labute approximate surface area is 113 Å². The molecule has 2 aliphatic heterocycles. The summed E-state index contributed by atoms with van der Waals surface area (Å²) in [6.45, 7) is 1.12. The molecule has 0 spiro atoms. The van der Waals surface area contributed by atoms with Gasteiger partial charge in [0.25, 0.3) is 0 Å². The molecule has 102 valence electrons. The van der Waals surface area contributed by atoms with Crippen LogP contribution in [0.1, 0.15) is 30.4 Å². The molecule has 1 amide bonds. The summed E-state index contributed by atoms with van der Waals surface area (Å²) in [5, 5.41) is 6.43. The van der Waals surface area contributed by atoms with Crippen molar-refractivity contribution in [1.82, 2.24) is 5.32 Å². The van der Waals surface area contributed by atoms with E-state index in [1.165, 1.54) is 24.8 Å². The third kappa shape index (κ3) is 2.59. The second-order valence-corrected chi connectivity index (χ2v) is 5.41. The fourth-order valence-electron chi connectivity index (χ4n) is 3.04. The maximum absolute atomic E-state index is 11.5. The molecule has 1 fully saturated rings. The van der Waals surface area contributed by atoms with Crippen LogP contribution in [0.5, 0.6) is 5.75 Å². The average Bonchev–Trinajstić information content (AvgIpc) is 2.79. The number of anilines is 1. The Morgan fingerprint density at radius 2 is 2.26 bits per heavy atom. The lowest BCUT2D eigenvalue weighted by Crippen LogP contribution is -2.35. The number of carbonyl (C=O) groups excluding carboxylic acids is 1. The molecule has 0 aromatic heterocycles. The molecule has 1 aromatic carbocycles. The van der Waals surface area contributed by atoms with E-state index in [-0.39, 0.29) is 5.91 Å². The standard InChI is InChI=1S/C15H20N2O2/c1-19-13-8-10(7-12-4-2-3-5-16-12)6-11-9-14(18)17-15(11)13/h6,8,12,16H,2-5,7,9H2,1H3,(H,17,18). The minimum atomic E-state index is 0.0567. The fraction of sp³-hybridized carbons (Fsp3) is 0.533. The molecule has 1 saturated heterocycles. The predicted molar refractivity (Wildman–Crippen MR) is 74.7 cm³/mol. The van der Waals surface area contributed by atoms with Gasteiger partial charge in [0.1, 0.15) is 5.75 Å². The first-order valence-electron chi connectivity index (χ1n) is 6.99. The minimum Gasteiger partial charge on any atom is -0.495 e. The zero-order valence-electron chi connectivity index (χ0n) is 11.3. The molecule has 1 unspecified atom stereocenters. The SMILES string of the molecule is COc1cc(CC2CCCCN2)cc2c1NC(=O)C2. The van der Waals surface area contributed by atoms with Gasteiger partial charge in [-0.15, -0.1) is 0 Å². The summed E-state index contributed by atoms with van der Waals surface area (Å²) in [7, 11) is 1.66. The van der Waals surface area contributed by atoms with Crippen LogP contribution in [0.3, 0.4) is 0 Å². The van der Waals surface area contributed by atoms with Gasteiger partial charge < -0.3 is 15.4 Å². The largest absolute Gasteiger partial charge is 0.495 e. The van der Waals surface area contributed by atoms with Crippen molar-refractivity contribution < 1.29 is 9.53 Å². The van der Waals surface area contributed by atoms with Gasteiger partial charge in [0.2, 0.25) is 5.91 Å². The third-order valence-corrected chi connectivity index (χ3v) is 3.97. The van der Waals surface area contributed by atoms with Crippen LogP contribution in [0.15, 0.2) is 12.1 Å². The van der Waals surface area contributed by atoms with E-state index in [4.69, 9.17) is 4.74 Å². The first-order valence-corrected chi connectivity index (χ1v) is 6.99. The highest BCUT2D eigenvalue weighted by Gasteiger charge is 2.23. The van der Waals surface area contributed by atoms with Crippen LogP contribution < -0.4 is 15.4 Å². The zero-order chi connectivity index (χ0) is 13.2. The number of fused-ring (bicyclic) bond motifs is 1. The molecule has 4 nitrogen and oxygen atoms in total. The molecule has 3 rings (SSSR count). The predicted octanol–water partition coefficient (Wildman–Crippen LogP) is 1.87. The number of piperidine rings is 1. The van der Waals surface area contributed by atoms with E-state index in [2.05, 4.69) is 22.8 Å². The summed E-state index contributed by atoms with van der Waals surface area (Å²) >= 11 is 0. The summed E-state index contributed by atoms with van der Waals surface area (Å²) in [6, 6.07) is 4.76. The number of benzene rings is 1. The van der Waals surface area contributed by atoms with Gasteiger partial charge in [-0.05, 0) is 43.0 Å². The molecule has 19 heavy (non-hydrogen) atoms. The van der Waals surface area contributed by atoms with Gasteiger partial charge in [-0.2, -0.15) is 0 Å². The maximum Gasteiger partial charge on any atom is 0.228 e. The smallest absolute Gasteiger partial charge is 0.228 e. The molecule has 0 aliphatic carbocycles. The molecule has 2 heterocycles. The molecular weight excluding hydrogens is 240 g/mol. The number of nitrogens with one attached hydrogen (secondary N) is 2. The second kappa shape index (κ2) is 5.21. The van der Waals surface area contributed by atoms with Gasteiger partial charge in [-0.3, -0.25) is 4.79 Å². The van der Waals surface area contributed by atoms with Crippen molar-refractivity contribution in [3.63, 3.8) is 0 Å². The Morgan fingerprint density at radius 1 is 1.37 bits per heavy atom. The van der Waals surface area contributed by atoms with Gasteiger partial charge in [-0.1, -0.05) is 12.5 Å². The van der Waals surface area contributed by atoms with Crippen LogP contribution >= 0.6 is 0 Å². The van der Waals surface area contributed by atoms with E-state index >= 15 is 0 Å². The van der Waals surface area contributed by atoms with Crippen LogP contribution in [-0.2, 0) is 17.6 Å². The Morgan fingerprint density at radius 3 is 3.00 bits per heavy atom. The Kier molecular flexibility index (Phi) is 3.42. The van der Waals surface area contributed by atoms with E-state index in [1.807, 2.05) is 0 Å². The monoisotopic (exact) mass is 260 g/mol. The number of rotatable bonds is 3. The van der Waals surface area contributed by atoms with E-state index in [0.29, 0.717) is 12.5 Å². The lowest BCUT2D eigenvalue weighted by Gasteiger charge is -2.24. The summed E-state index contributed by atoms with van der Waals surface area (Å²) in [6.07, 6.45) is 5.30. The molecule has 2 aliphatic rings. The average molecular weight is 260 g/mol. The van der Waals surface area contributed by atoms with Crippen LogP contribution in [0.2, 0.25) is 0 Å². The van der Waals surface area contributed by atoms with Crippen molar-refractivity contribution in [2.24, 2.45) is 0 Å². The van der Waals surface area contributed by atoms with E-state index < -0.39 is 0 Å². The van der Waals surface area contributed by atoms with Crippen LogP contribution in [0, 0.1) is 0 Å². The van der Waals surface area contributed by atoms with Crippen molar-refractivity contribution in [2.75, 3.05) is 19.0 Å². The van der Waals surface area contributed by atoms with E-state index in [1.54, 1.807) is 7.11 Å². The molecule has 0 bridgehead atoms. The fourth-order valence-corrected chi connectivity index (χ4v) is 3.04. The summed E-state index contributed by atoms with van der Waals surface area (Å²) in [5.74, 6) is 0.843. The van der Waals surface area contributed by atoms with Gasteiger partial charge in [-0.25, -0.2) is 0 Å². The molecule has 2 N–H and O–H groups in total. The van der Waals surface area contributed by atoms with Crippen molar-refractivity contribution in [1.29, 1.82) is 0 Å². The number of carbonyl (C=O) groups is 1. The highest BCUT2D eigenvalue weighted by molar-refractivity contribution is 6.01. The van der Waals surface area contributed by atoms with Crippen molar-refractivity contribution in [3.8, 4) is 5.75 Å². The number of amides is 1. The Hall–Kier alpha value is -1.55. The van der Waals surface area contributed by atoms with Crippen molar-refractivity contribution in [2.45, 2.75) is 38.1 Å². The Bertz CT molecular complexity index is 493. The van der Waals surface area contributed by atoms with Gasteiger partial charge in [0.15, 0.2) is 0 Å². The lowest BCUT2D eigenvalue weighted by molar-refractivity contribution is -0.115. The highest BCUT2D eigenvalue weighted by Crippen LogP contribution is 2.35. The lowest BCUT2D eigenvalue weighted by atomic mass is 9.96. The number of hydrogen-bond donors (Lipinski definition) is 2. The van der Waals surface area contributed by atoms with E-state index in [0.717, 1.165) is 30.0 Å². The van der Waals surface area contributed by atoms with Crippen LogP contribution in [-0.4, -0.2) is 25.6 Å². The molecular formula is C15H20N2O2. The Balaban J connectivity index is 1.82. The van der Waals surface area contributed by atoms with Crippen molar-refractivity contribution in [3.05, 3.63) is 23.3 Å². The first kappa shape index (κ1) is 12.5. The molecule has 0 saturated carbocycles. The second-order valence-electron chi connectivity index (χ2n) is 5.41. The molecule has 1 atom stereocenters. The number of methoxy groups -OCH3 is 1. The maximum atomic E-state index is 11.5. The third-order valence-electron chi connectivity index (χ3n) is 3.97. The number of ether oxygens (including phenoxy) is 1. The topological polar surface area (TPSA) is 50.4 Å². The van der Waals surface area contributed by atoms with Gasteiger partial charge >= 0.3 is 0 Å². The van der Waals surface area contributed by atoms with E-state index in [9.17, 15) is 4.79 Å². The highest BCUT2D eigenvalue weighted by atomic mass is 16.5. The van der Waals surface area contributed by atoms with Crippen LogP contribution in [0.4, 0.5) is 5.69 Å². The molecule has 1 aromatic rings. The molecule has 0 radical (unpaired) electrons. The minimum absolute atomic E-state index is 0.0567. The number of hydrogen-bond acceptors (Lipinski definition) is 3. The van der Waals surface area contributed by atoms with Crippen molar-refractivity contribution >= 4 is 11.6 Å². The summed E-state index contributed by atoms with van der Waals surface area (Å²) in [5.41, 5.74) is 3.18. The zero-order valence-corrected chi connectivity index (χ0v) is 11.3. The summed E-state index contributed by atoms with van der Waals surface area (Å²) in [4.78, 5) is 11.5. The normalized spacial score (nSPS) is 21.9. The van der Waals surface area contributed by atoms with Crippen LogP contribution in [0.25, 0.3) is 0 Å². The van der Waals surface area contributed by atoms with Gasteiger partial charge in [0.05, 0.1) is 19.2 Å².